The number of fused-ring (bicyclic) bond motifs is 2. The molecule has 8 heteroatoms. The summed E-state index contributed by atoms with van der Waals surface area (Å²) in [6.45, 7) is 9.35. The minimum Gasteiger partial charge on any atom is -0.489 e. The van der Waals surface area contributed by atoms with Crippen molar-refractivity contribution in [1.29, 1.82) is 0 Å². The molecule has 3 aliphatic rings. The Morgan fingerprint density at radius 2 is 0.722 bits per heavy atom. The molecule has 9 rings (SSSR count). The van der Waals surface area contributed by atoms with Crippen molar-refractivity contribution in [1.82, 2.24) is 0 Å². The molecular formula is C46H42N2O6. The van der Waals surface area contributed by atoms with Crippen LogP contribution in [0.15, 0.2) is 121 Å². The van der Waals surface area contributed by atoms with Gasteiger partial charge in [0.25, 0.3) is 11.8 Å². The number of amides is 2. The molecule has 8 nitrogen and oxygen atoms in total. The first-order valence-corrected chi connectivity index (χ1v) is 17.9. The quantitative estimate of drug-likeness (QED) is 0.162. The molecule has 54 heavy (non-hydrogen) atoms. The maximum atomic E-state index is 13.5. The summed E-state index contributed by atoms with van der Waals surface area (Å²) in [4.78, 5) is 27.1. The highest BCUT2D eigenvalue weighted by molar-refractivity contribution is 6.06. The molecular weight excluding hydrogens is 677 g/mol. The van der Waals surface area contributed by atoms with Crippen LogP contribution in [-0.4, -0.2) is 11.8 Å². The number of rotatable bonds is 0. The zero-order valence-corrected chi connectivity index (χ0v) is 30.8. The van der Waals surface area contributed by atoms with Crippen LogP contribution in [0, 0.1) is 27.7 Å². The predicted octanol–water partition coefficient (Wildman–Crippen LogP) is 10.1. The average Bonchev–Trinajstić information content (AvgIpc) is 3.18. The van der Waals surface area contributed by atoms with Gasteiger partial charge in [0, 0.05) is 11.4 Å². The number of carbonyl (C=O) groups is 2. The van der Waals surface area contributed by atoms with Crippen LogP contribution in [0.5, 0.6) is 23.0 Å². The summed E-state index contributed by atoms with van der Waals surface area (Å²) in [6.07, 6.45) is 0. The van der Waals surface area contributed by atoms with Gasteiger partial charge in [-0.25, -0.2) is 0 Å². The summed E-state index contributed by atoms with van der Waals surface area (Å²) in [5.74, 6) is 1.67. The van der Waals surface area contributed by atoms with Crippen molar-refractivity contribution in [3.63, 3.8) is 0 Å². The number of aryl methyl sites for hydroxylation is 4. The summed E-state index contributed by atoms with van der Waals surface area (Å²) in [7, 11) is 0. The third-order valence-electron chi connectivity index (χ3n) is 9.67. The van der Waals surface area contributed by atoms with Crippen molar-refractivity contribution in [2.45, 2.75) is 54.1 Å². The van der Waals surface area contributed by atoms with Crippen LogP contribution in [0.1, 0.15) is 65.2 Å². The Hall–Kier alpha value is -6.54. The Morgan fingerprint density at radius 3 is 1.07 bits per heavy atom. The smallest absolute Gasteiger partial charge is 0.259 e. The second kappa shape index (κ2) is 16.0. The highest BCUT2D eigenvalue weighted by Crippen LogP contribution is 2.28. The first kappa shape index (κ1) is 35.8. The highest BCUT2D eigenvalue weighted by atomic mass is 16.5. The molecule has 3 heterocycles. The predicted molar refractivity (Wildman–Crippen MR) is 211 cm³/mol. The number of nitrogens with one attached hydrogen (secondary N) is 2. The van der Waals surface area contributed by atoms with Gasteiger partial charge >= 0.3 is 0 Å². The van der Waals surface area contributed by atoms with E-state index >= 15 is 0 Å². The van der Waals surface area contributed by atoms with E-state index in [2.05, 4.69) is 48.7 Å². The van der Waals surface area contributed by atoms with Crippen molar-refractivity contribution < 1.29 is 28.5 Å². The first-order valence-electron chi connectivity index (χ1n) is 17.9. The third-order valence-corrected chi connectivity index (χ3v) is 9.67. The molecule has 0 unspecified atom stereocenters. The Bertz CT molecular complexity index is 2150. The summed E-state index contributed by atoms with van der Waals surface area (Å²) >= 11 is 0. The fourth-order valence-electron chi connectivity index (χ4n) is 6.27. The Morgan fingerprint density at radius 1 is 0.407 bits per heavy atom. The van der Waals surface area contributed by atoms with Gasteiger partial charge in [0.2, 0.25) is 0 Å². The molecule has 0 spiro atoms. The zero-order chi connectivity index (χ0) is 37.6. The van der Waals surface area contributed by atoms with Crippen molar-refractivity contribution in [2.24, 2.45) is 0 Å². The number of hydrogen-bond acceptors (Lipinski definition) is 6. The Labute approximate surface area is 315 Å². The van der Waals surface area contributed by atoms with Crippen LogP contribution < -0.4 is 29.6 Å². The van der Waals surface area contributed by atoms with E-state index in [1.807, 2.05) is 86.6 Å². The SMILES string of the molecule is Cc1cc2c(cc1C)COc1ccc(cc1)NC(=O)c1ccccc1OCc1cc(C)c(C)cc1COc1ccccc1C(=O)Nc1ccc(cc1)OC2. The summed E-state index contributed by atoms with van der Waals surface area (Å²) in [6, 6.07) is 37.4. The van der Waals surface area contributed by atoms with Gasteiger partial charge in [0.1, 0.15) is 49.4 Å². The topological polar surface area (TPSA) is 95.1 Å². The lowest BCUT2D eigenvalue weighted by Crippen LogP contribution is -2.15. The minimum atomic E-state index is -0.292. The standard InChI is InChI=1S/C46H42N2O6/c1-29-21-33-25-51-39-17-13-37(14-18-39)47-45(49)41-9-5-7-11-43(41)53-27-35-23-31(3)32(4)24-36(35)28-54-44-12-8-6-10-42(44)46(50)48-38-15-19-40(20-16-38)52-26-34(33)22-30(29)2/h5-24H,25-28H2,1-4H3,(H,47,49)(H,48,50). The van der Waals surface area contributed by atoms with Gasteiger partial charge in [0.15, 0.2) is 0 Å². The molecule has 4 bridgehead atoms. The maximum Gasteiger partial charge on any atom is 0.259 e. The molecule has 0 saturated carbocycles. The van der Waals surface area contributed by atoms with E-state index in [1.165, 1.54) is 0 Å². The van der Waals surface area contributed by atoms with Crippen molar-refractivity contribution in [2.75, 3.05) is 10.6 Å². The number of hydrogen-bond donors (Lipinski definition) is 2. The fraction of sp³-hybridized carbons (Fsp3) is 0.174. The van der Waals surface area contributed by atoms with Crippen molar-refractivity contribution in [3.05, 3.63) is 177 Å². The molecule has 0 radical (unpaired) electrons. The molecule has 0 saturated heterocycles. The lowest BCUT2D eigenvalue weighted by Gasteiger charge is -2.17. The van der Waals surface area contributed by atoms with Crippen LogP contribution >= 0.6 is 0 Å². The van der Waals surface area contributed by atoms with Gasteiger partial charge in [-0.05, 0) is 145 Å². The van der Waals surface area contributed by atoms with Gasteiger partial charge in [-0.1, -0.05) is 48.5 Å². The van der Waals surface area contributed by atoms with Gasteiger partial charge in [-0.2, -0.15) is 0 Å². The summed E-state index contributed by atoms with van der Waals surface area (Å²) < 4.78 is 25.1. The highest BCUT2D eigenvalue weighted by Gasteiger charge is 2.17. The molecule has 3 aliphatic heterocycles. The first-order chi connectivity index (χ1) is 26.2. The average molecular weight is 719 g/mol. The van der Waals surface area contributed by atoms with Gasteiger partial charge < -0.3 is 29.6 Å². The maximum absolute atomic E-state index is 13.5. The number of para-hydroxylation sites is 2. The van der Waals surface area contributed by atoms with Crippen LogP contribution in [0.25, 0.3) is 0 Å². The van der Waals surface area contributed by atoms with Gasteiger partial charge in [0.05, 0.1) is 11.1 Å². The molecule has 6 aromatic rings. The van der Waals surface area contributed by atoms with Gasteiger partial charge in [-0.15, -0.1) is 0 Å². The van der Waals surface area contributed by atoms with E-state index in [4.69, 9.17) is 18.9 Å². The molecule has 0 aromatic heterocycles. The van der Waals surface area contributed by atoms with Crippen LogP contribution in [-0.2, 0) is 26.4 Å². The van der Waals surface area contributed by atoms with Crippen LogP contribution in [0.3, 0.4) is 0 Å². The summed E-state index contributed by atoms with van der Waals surface area (Å²) in [5, 5.41) is 5.99. The minimum absolute atomic E-state index is 0.209. The van der Waals surface area contributed by atoms with Crippen LogP contribution in [0.2, 0.25) is 0 Å². The molecule has 2 amide bonds. The monoisotopic (exact) mass is 718 g/mol. The van der Waals surface area contributed by atoms with Gasteiger partial charge in [-0.3, -0.25) is 9.59 Å². The lowest BCUT2D eigenvalue weighted by molar-refractivity contribution is 0.101. The number of carbonyl (C=O) groups excluding carboxylic acids is 2. The Kier molecular flexibility index (Phi) is 10.6. The lowest BCUT2D eigenvalue weighted by atomic mass is 10.0. The van der Waals surface area contributed by atoms with E-state index in [1.54, 1.807) is 24.3 Å². The Balaban J connectivity index is 1.20. The van der Waals surface area contributed by atoms with E-state index in [0.29, 0.717) is 58.7 Å². The second-order valence-electron chi connectivity index (χ2n) is 13.5. The number of ether oxygens (including phenoxy) is 4. The third kappa shape index (κ3) is 8.40. The van der Waals surface area contributed by atoms with E-state index in [-0.39, 0.29) is 25.0 Å². The molecule has 272 valence electrons. The summed E-state index contributed by atoms with van der Waals surface area (Å²) in [5.41, 5.74) is 10.4. The number of benzene rings is 6. The largest absolute Gasteiger partial charge is 0.489 e. The molecule has 6 aromatic carbocycles. The fourth-order valence-corrected chi connectivity index (χ4v) is 6.27. The normalized spacial score (nSPS) is 13.5. The van der Waals surface area contributed by atoms with E-state index in [0.717, 1.165) is 44.5 Å². The molecule has 0 atom stereocenters. The van der Waals surface area contributed by atoms with E-state index < -0.39 is 0 Å². The van der Waals surface area contributed by atoms with E-state index in [9.17, 15) is 9.59 Å². The second-order valence-corrected chi connectivity index (χ2v) is 13.5. The number of anilines is 2. The molecule has 2 N–H and O–H groups in total. The van der Waals surface area contributed by atoms with Crippen molar-refractivity contribution in [3.8, 4) is 23.0 Å². The molecule has 0 fully saturated rings. The van der Waals surface area contributed by atoms with Crippen LogP contribution in [0.4, 0.5) is 11.4 Å². The molecule has 0 aliphatic carbocycles. The van der Waals surface area contributed by atoms with Crippen molar-refractivity contribution >= 4 is 23.2 Å². The zero-order valence-electron chi connectivity index (χ0n) is 30.8.